The third-order valence-corrected chi connectivity index (χ3v) is 6.51. The van der Waals surface area contributed by atoms with Crippen molar-refractivity contribution in [2.75, 3.05) is 39.0 Å². The zero-order valence-corrected chi connectivity index (χ0v) is 16.0. The number of nitrogens with zero attached hydrogens (tertiary/aromatic N) is 2. The second-order valence-corrected chi connectivity index (χ2v) is 8.52. The Balaban J connectivity index is 2.25. The van der Waals surface area contributed by atoms with Crippen LogP contribution in [-0.4, -0.2) is 67.7 Å². The lowest BCUT2D eigenvalue weighted by Crippen LogP contribution is -2.51. The van der Waals surface area contributed by atoms with Gasteiger partial charge in [-0.3, -0.25) is 9.69 Å². The molecule has 1 aromatic carbocycles. The molecule has 1 aliphatic heterocycles. The maximum absolute atomic E-state index is 12.0. The minimum atomic E-state index is -3.23. The highest BCUT2D eigenvalue weighted by Crippen LogP contribution is 2.30. The van der Waals surface area contributed by atoms with Gasteiger partial charge in [0.1, 0.15) is 11.8 Å². The molecule has 1 N–H and O–H groups in total. The second-order valence-electron chi connectivity index (χ2n) is 6.26. The standard InChI is InChI=1S/C17H26N2O5S/c1-5-25(22,23)19-8-6-18(7-9-19)15(17(20)21)14-10-12(2)16(24-4)13(3)11-14/h10-11,15H,5-9H2,1-4H3,(H,20,21)/t15-/m0/s1. The molecule has 1 aromatic rings. The summed E-state index contributed by atoms with van der Waals surface area (Å²) in [4.78, 5) is 13.7. The van der Waals surface area contributed by atoms with E-state index in [0.717, 1.165) is 16.9 Å². The first-order valence-electron chi connectivity index (χ1n) is 8.31. The van der Waals surface area contributed by atoms with Crippen LogP contribution in [0.2, 0.25) is 0 Å². The van der Waals surface area contributed by atoms with Crippen molar-refractivity contribution in [3.8, 4) is 5.75 Å². The van der Waals surface area contributed by atoms with Crippen LogP contribution >= 0.6 is 0 Å². The van der Waals surface area contributed by atoms with Crippen molar-refractivity contribution in [1.29, 1.82) is 0 Å². The summed E-state index contributed by atoms with van der Waals surface area (Å²) in [5.74, 6) is -0.116. The maximum atomic E-state index is 12.0. The van der Waals surface area contributed by atoms with E-state index >= 15 is 0 Å². The Bertz CT molecular complexity index is 716. The van der Waals surface area contributed by atoms with Crippen molar-refractivity contribution in [3.63, 3.8) is 0 Å². The molecule has 0 bridgehead atoms. The van der Waals surface area contributed by atoms with E-state index in [9.17, 15) is 18.3 Å². The zero-order chi connectivity index (χ0) is 18.8. The van der Waals surface area contributed by atoms with E-state index in [1.54, 1.807) is 14.0 Å². The molecule has 1 saturated heterocycles. The quantitative estimate of drug-likeness (QED) is 0.815. The highest BCUT2D eigenvalue weighted by molar-refractivity contribution is 7.89. The number of methoxy groups -OCH3 is 1. The third kappa shape index (κ3) is 4.13. The fourth-order valence-electron chi connectivity index (χ4n) is 3.40. The van der Waals surface area contributed by atoms with Crippen molar-refractivity contribution >= 4 is 16.0 Å². The van der Waals surface area contributed by atoms with Gasteiger partial charge in [0.05, 0.1) is 12.9 Å². The lowest BCUT2D eigenvalue weighted by atomic mass is 9.98. The number of aliphatic carboxylic acids is 1. The molecule has 0 aromatic heterocycles. The highest BCUT2D eigenvalue weighted by atomic mass is 32.2. The van der Waals surface area contributed by atoms with Crippen molar-refractivity contribution < 1.29 is 23.1 Å². The smallest absolute Gasteiger partial charge is 0.325 e. The number of rotatable bonds is 6. The average Bonchev–Trinajstić information content (AvgIpc) is 2.55. The van der Waals surface area contributed by atoms with Gasteiger partial charge in [0, 0.05) is 26.2 Å². The highest BCUT2D eigenvalue weighted by Gasteiger charge is 2.33. The van der Waals surface area contributed by atoms with Crippen LogP contribution in [0.25, 0.3) is 0 Å². The predicted octanol–water partition coefficient (Wildman–Crippen LogP) is 1.41. The van der Waals surface area contributed by atoms with Crippen LogP contribution < -0.4 is 4.74 Å². The Labute approximate surface area is 149 Å². The molecule has 0 amide bonds. The van der Waals surface area contributed by atoms with Crippen molar-refractivity contribution in [1.82, 2.24) is 9.21 Å². The lowest BCUT2D eigenvalue weighted by molar-refractivity contribution is -0.144. The zero-order valence-electron chi connectivity index (χ0n) is 15.2. The fraction of sp³-hybridized carbons (Fsp3) is 0.588. The summed E-state index contributed by atoms with van der Waals surface area (Å²) >= 11 is 0. The number of ether oxygens (including phenoxy) is 1. The minimum absolute atomic E-state index is 0.0617. The number of hydrogen-bond donors (Lipinski definition) is 1. The van der Waals surface area contributed by atoms with Gasteiger partial charge in [-0.25, -0.2) is 8.42 Å². The number of hydrogen-bond acceptors (Lipinski definition) is 5. The van der Waals surface area contributed by atoms with Gasteiger partial charge in [-0.1, -0.05) is 12.1 Å². The van der Waals surface area contributed by atoms with Gasteiger partial charge >= 0.3 is 5.97 Å². The second kappa shape index (κ2) is 7.72. The number of aryl methyl sites for hydroxylation is 2. The van der Waals surface area contributed by atoms with Gasteiger partial charge in [-0.15, -0.1) is 0 Å². The molecule has 7 nitrogen and oxygen atoms in total. The van der Waals surface area contributed by atoms with E-state index in [-0.39, 0.29) is 5.75 Å². The maximum Gasteiger partial charge on any atom is 0.325 e. The number of carboxylic acid groups (broad SMARTS) is 1. The molecular weight excluding hydrogens is 344 g/mol. The molecule has 0 aliphatic carbocycles. The van der Waals surface area contributed by atoms with Crippen molar-refractivity contribution in [2.24, 2.45) is 0 Å². The van der Waals surface area contributed by atoms with Gasteiger partial charge in [0.2, 0.25) is 10.0 Å². The molecule has 1 fully saturated rings. The average molecular weight is 370 g/mol. The first-order valence-corrected chi connectivity index (χ1v) is 9.92. The van der Waals surface area contributed by atoms with Crippen LogP contribution in [0.5, 0.6) is 5.75 Å². The van der Waals surface area contributed by atoms with Crippen LogP contribution in [-0.2, 0) is 14.8 Å². The first-order chi connectivity index (χ1) is 11.7. The van der Waals surface area contributed by atoms with Crippen LogP contribution in [0.3, 0.4) is 0 Å². The van der Waals surface area contributed by atoms with E-state index in [1.807, 2.05) is 30.9 Å². The summed E-state index contributed by atoms with van der Waals surface area (Å²) in [7, 11) is -1.64. The monoisotopic (exact) mass is 370 g/mol. The van der Waals surface area contributed by atoms with Crippen LogP contribution in [0.4, 0.5) is 0 Å². The molecule has 1 heterocycles. The first kappa shape index (κ1) is 19.7. The van der Waals surface area contributed by atoms with Crippen LogP contribution in [0.15, 0.2) is 12.1 Å². The van der Waals surface area contributed by atoms with E-state index in [1.165, 1.54) is 4.31 Å². The topological polar surface area (TPSA) is 87.2 Å². The van der Waals surface area contributed by atoms with E-state index in [4.69, 9.17) is 4.74 Å². The lowest BCUT2D eigenvalue weighted by Gasteiger charge is -2.37. The molecule has 140 valence electrons. The predicted molar refractivity (Wildman–Crippen MR) is 95.5 cm³/mol. The molecule has 8 heteroatoms. The van der Waals surface area contributed by atoms with E-state index in [0.29, 0.717) is 31.7 Å². The van der Waals surface area contributed by atoms with Gasteiger partial charge in [-0.2, -0.15) is 4.31 Å². The molecule has 0 unspecified atom stereocenters. The number of carbonyl (C=O) groups is 1. The Hall–Kier alpha value is -1.64. The number of benzene rings is 1. The fourth-order valence-corrected chi connectivity index (χ4v) is 4.48. The van der Waals surface area contributed by atoms with E-state index < -0.39 is 22.0 Å². The summed E-state index contributed by atoms with van der Waals surface area (Å²) in [6, 6.07) is 2.87. The summed E-state index contributed by atoms with van der Waals surface area (Å²) in [5.41, 5.74) is 2.46. The molecule has 2 rings (SSSR count). The number of carboxylic acids is 1. The van der Waals surface area contributed by atoms with Gasteiger partial charge in [0.15, 0.2) is 0 Å². The summed E-state index contributed by atoms with van der Waals surface area (Å²) < 4.78 is 30.7. The molecular formula is C17H26N2O5S. The summed E-state index contributed by atoms with van der Waals surface area (Å²) in [5, 5.41) is 9.75. The van der Waals surface area contributed by atoms with Gasteiger partial charge in [-0.05, 0) is 37.5 Å². The van der Waals surface area contributed by atoms with Gasteiger partial charge in [0.25, 0.3) is 0 Å². The normalized spacial score (nSPS) is 18.1. The Kier molecular flexibility index (Phi) is 6.08. The molecule has 0 saturated carbocycles. The van der Waals surface area contributed by atoms with Crippen LogP contribution in [0.1, 0.15) is 29.7 Å². The van der Waals surface area contributed by atoms with Crippen LogP contribution in [0, 0.1) is 13.8 Å². The Morgan fingerprint density at radius 1 is 1.20 bits per heavy atom. The minimum Gasteiger partial charge on any atom is -0.496 e. The van der Waals surface area contributed by atoms with Crippen molar-refractivity contribution in [3.05, 3.63) is 28.8 Å². The Morgan fingerprint density at radius 2 is 1.72 bits per heavy atom. The largest absolute Gasteiger partial charge is 0.496 e. The molecule has 1 aliphatic rings. The third-order valence-electron chi connectivity index (χ3n) is 4.63. The van der Waals surface area contributed by atoms with Crippen molar-refractivity contribution in [2.45, 2.75) is 26.8 Å². The molecule has 1 atom stereocenters. The van der Waals surface area contributed by atoms with Gasteiger partial charge < -0.3 is 9.84 Å². The molecule has 0 spiro atoms. The SMILES string of the molecule is CCS(=O)(=O)N1CCN([C@H](C(=O)O)c2cc(C)c(OC)c(C)c2)CC1. The molecule has 0 radical (unpaired) electrons. The molecule has 25 heavy (non-hydrogen) atoms. The number of piperazine rings is 1. The number of sulfonamides is 1. The van der Waals surface area contributed by atoms with E-state index in [2.05, 4.69) is 0 Å². The summed E-state index contributed by atoms with van der Waals surface area (Å²) in [6.45, 7) is 6.80. The Morgan fingerprint density at radius 3 is 2.12 bits per heavy atom. The summed E-state index contributed by atoms with van der Waals surface area (Å²) in [6.07, 6.45) is 0.